The maximum absolute atomic E-state index is 12.0. The zero-order chi connectivity index (χ0) is 11.3. The minimum atomic E-state index is -0.136. The van der Waals surface area contributed by atoms with Gasteiger partial charge in [0, 0.05) is 5.92 Å². The van der Waals surface area contributed by atoms with Crippen LogP contribution in [0.15, 0.2) is 0 Å². The van der Waals surface area contributed by atoms with Gasteiger partial charge in [0.25, 0.3) is 0 Å². The summed E-state index contributed by atoms with van der Waals surface area (Å²) in [4.78, 5) is 12.0. The van der Waals surface area contributed by atoms with E-state index in [-0.39, 0.29) is 11.4 Å². The first kappa shape index (κ1) is 10.6. The molecule has 3 fully saturated rings. The van der Waals surface area contributed by atoms with Crippen LogP contribution < -0.4 is 0 Å². The van der Waals surface area contributed by atoms with Crippen LogP contribution in [-0.2, 0) is 9.53 Å². The van der Waals surface area contributed by atoms with E-state index in [1.54, 1.807) is 0 Å². The van der Waals surface area contributed by atoms with E-state index < -0.39 is 0 Å². The van der Waals surface area contributed by atoms with Crippen molar-refractivity contribution in [3.63, 3.8) is 0 Å². The molecule has 16 heavy (non-hydrogen) atoms. The van der Waals surface area contributed by atoms with Gasteiger partial charge in [-0.25, -0.2) is 0 Å². The zero-order valence-electron chi connectivity index (χ0n) is 10.4. The molecule has 0 bridgehead atoms. The largest absolute Gasteiger partial charge is 0.465 e. The van der Waals surface area contributed by atoms with Crippen LogP contribution in [0.2, 0.25) is 0 Å². The van der Waals surface area contributed by atoms with Crippen LogP contribution in [0.4, 0.5) is 0 Å². The Kier molecular flexibility index (Phi) is 2.31. The molecule has 90 valence electrons. The highest BCUT2D eigenvalue weighted by Crippen LogP contribution is 2.57. The number of rotatable bonds is 0. The van der Waals surface area contributed by atoms with Crippen molar-refractivity contribution in [3.8, 4) is 0 Å². The predicted molar refractivity (Wildman–Crippen MR) is 61.8 cm³/mol. The molecule has 0 N–H and O–H groups in total. The number of hydrogen-bond donors (Lipinski definition) is 0. The molecule has 2 heteroatoms. The van der Waals surface area contributed by atoms with E-state index in [0.717, 1.165) is 11.8 Å². The van der Waals surface area contributed by atoms with Crippen molar-refractivity contribution in [2.24, 2.45) is 29.1 Å². The lowest BCUT2D eigenvalue weighted by Gasteiger charge is -2.48. The van der Waals surface area contributed by atoms with E-state index in [2.05, 4.69) is 13.8 Å². The van der Waals surface area contributed by atoms with Crippen LogP contribution in [-0.4, -0.2) is 12.6 Å². The van der Waals surface area contributed by atoms with E-state index in [1.807, 2.05) is 0 Å². The summed E-state index contributed by atoms with van der Waals surface area (Å²) in [5, 5.41) is 0. The minimum absolute atomic E-state index is 0.0988. The standard InChI is InChI=1S/C14H22O2/c1-9-3-6-12-10(7-9)4-5-11-8-16-13(15)14(11,12)2/h9-12H,3-8H2,1-2H3/t9-,10-,11+,12-,14-/m0/s1. The van der Waals surface area contributed by atoms with Gasteiger partial charge >= 0.3 is 5.97 Å². The molecule has 3 aliphatic rings. The SMILES string of the molecule is C[C@H]1CC[C@H]2[C@@H](CC[C@@H]3COC(=O)[C@@]32C)C1. The highest BCUT2D eigenvalue weighted by Gasteiger charge is 2.58. The van der Waals surface area contributed by atoms with E-state index >= 15 is 0 Å². The summed E-state index contributed by atoms with van der Waals surface area (Å²) in [7, 11) is 0. The van der Waals surface area contributed by atoms with Crippen LogP contribution in [0.5, 0.6) is 0 Å². The fourth-order valence-corrected chi connectivity index (χ4v) is 4.53. The molecule has 0 radical (unpaired) electrons. The molecule has 2 saturated carbocycles. The van der Waals surface area contributed by atoms with Crippen molar-refractivity contribution in [3.05, 3.63) is 0 Å². The lowest BCUT2D eigenvalue weighted by Crippen LogP contribution is -2.47. The highest BCUT2D eigenvalue weighted by molar-refractivity contribution is 5.79. The van der Waals surface area contributed by atoms with Gasteiger partial charge in [-0.3, -0.25) is 4.79 Å². The Morgan fingerprint density at radius 1 is 1.25 bits per heavy atom. The molecule has 1 saturated heterocycles. The maximum Gasteiger partial charge on any atom is 0.312 e. The van der Waals surface area contributed by atoms with E-state index in [4.69, 9.17) is 4.74 Å². The van der Waals surface area contributed by atoms with Gasteiger partial charge in [-0.1, -0.05) is 13.3 Å². The van der Waals surface area contributed by atoms with Gasteiger partial charge in [0.2, 0.25) is 0 Å². The van der Waals surface area contributed by atoms with Crippen LogP contribution in [0.25, 0.3) is 0 Å². The van der Waals surface area contributed by atoms with Gasteiger partial charge in [0.1, 0.15) is 0 Å². The molecule has 2 aliphatic carbocycles. The van der Waals surface area contributed by atoms with Crippen molar-refractivity contribution in [1.82, 2.24) is 0 Å². The maximum atomic E-state index is 12.0. The first-order valence-electron chi connectivity index (χ1n) is 6.79. The number of esters is 1. The van der Waals surface area contributed by atoms with Crippen molar-refractivity contribution >= 4 is 5.97 Å². The molecule has 1 heterocycles. The van der Waals surface area contributed by atoms with Gasteiger partial charge in [0.15, 0.2) is 0 Å². The van der Waals surface area contributed by atoms with Gasteiger partial charge < -0.3 is 4.74 Å². The normalized spacial score (nSPS) is 51.8. The van der Waals surface area contributed by atoms with E-state index in [0.29, 0.717) is 18.4 Å². The average molecular weight is 222 g/mol. The number of carbonyl (C=O) groups excluding carboxylic acids is 1. The van der Waals surface area contributed by atoms with E-state index in [9.17, 15) is 4.79 Å². The smallest absolute Gasteiger partial charge is 0.312 e. The fourth-order valence-electron chi connectivity index (χ4n) is 4.53. The van der Waals surface area contributed by atoms with Crippen LogP contribution >= 0.6 is 0 Å². The first-order chi connectivity index (χ1) is 7.62. The molecule has 0 unspecified atom stereocenters. The summed E-state index contributed by atoms with van der Waals surface area (Å²) in [5.41, 5.74) is -0.136. The minimum Gasteiger partial charge on any atom is -0.465 e. The summed E-state index contributed by atoms with van der Waals surface area (Å²) in [6.07, 6.45) is 6.41. The third-order valence-corrected chi connectivity index (χ3v) is 5.60. The Morgan fingerprint density at radius 2 is 2.06 bits per heavy atom. The second-order valence-corrected chi connectivity index (χ2v) is 6.44. The molecule has 0 aromatic carbocycles. The number of carbonyl (C=O) groups is 1. The number of hydrogen-bond acceptors (Lipinski definition) is 2. The summed E-state index contributed by atoms with van der Waals surface area (Å²) in [6, 6.07) is 0. The van der Waals surface area contributed by atoms with Gasteiger partial charge in [-0.05, 0) is 50.4 Å². The van der Waals surface area contributed by atoms with Gasteiger partial charge in [-0.2, -0.15) is 0 Å². The van der Waals surface area contributed by atoms with Crippen molar-refractivity contribution in [1.29, 1.82) is 0 Å². The predicted octanol–water partition coefficient (Wildman–Crippen LogP) is 3.01. The molecule has 0 aromatic heterocycles. The molecule has 3 rings (SSSR count). The van der Waals surface area contributed by atoms with Gasteiger partial charge in [-0.15, -0.1) is 0 Å². The summed E-state index contributed by atoms with van der Waals surface area (Å²) < 4.78 is 5.34. The third-order valence-electron chi connectivity index (χ3n) is 5.60. The third kappa shape index (κ3) is 1.28. The van der Waals surface area contributed by atoms with Crippen molar-refractivity contribution < 1.29 is 9.53 Å². The molecular weight excluding hydrogens is 200 g/mol. The highest BCUT2D eigenvalue weighted by atomic mass is 16.5. The molecule has 0 spiro atoms. The fraction of sp³-hybridized carbons (Fsp3) is 0.929. The number of ether oxygens (including phenoxy) is 1. The zero-order valence-corrected chi connectivity index (χ0v) is 10.4. The Morgan fingerprint density at radius 3 is 2.88 bits per heavy atom. The lowest BCUT2D eigenvalue weighted by molar-refractivity contribution is -0.152. The van der Waals surface area contributed by atoms with E-state index in [1.165, 1.54) is 32.1 Å². The molecule has 5 atom stereocenters. The van der Waals surface area contributed by atoms with Crippen LogP contribution in [0, 0.1) is 29.1 Å². The summed E-state index contributed by atoms with van der Waals surface area (Å²) >= 11 is 0. The molecule has 1 aliphatic heterocycles. The van der Waals surface area contributed by atoms with Crippen LogP contribution in [0.1, 0.15) is 46.0 Å². The topological polar surface area (TPSA) is 26.3 Å². The Hall–Kier alpha value is -0.530. The second-order valence-electron chi connectivity index (χ2n) is 6.44. The van der Waals surface area contributed by atoms with Crippen molar-refractivity contribution in [2.75, 3.05) is 6.61 Å². The molecule has 0 aromatic rings. The summed E-state index contributed by atoms with van der Waals surface area (Å²) in [6.45, 7) is 5.23. The second kappa shape index (κ2) is 3.48. The Balaban J connectivity index is 1.90. The van der Waals surface area contributed by atoms with Gasteiger partial charge in [0.05, 0.1) is 12.0 Å². The average Bonchev–Trinajstić information content (AvgIpc) is 2.55. The monoisotopic (exact) mass is 222 g/mol. The molecular formula is C14H22O2. The number of fused-ring (bicyclic) bond motifs is 3. The molecule has 0 amide bonds. The quantitative estimate of drug-likeness (QED) is 0.589. The number of cyclic esters (lactones) is 1. The van der Waals surface area contributed by atoms with Crippen molar-refractivity contribution in [2.45, 2.75) is 46.0 Å². The lowest BCUT2D eigenvalue weighted by atomic mass is 9.53. The van der Waals surface area contributed by atoms with Crippen LogP contribution in [0.3, 0.4) is 0 Å². The summed E-state index contributed by atoms with van der Waals surface area (Å²) in [5.74, 6) is 2.86. The first-order valence-corrected chi connectivity index (χ1v) is 6.79. The Labute approximate surface area is 97.7 Å². The Bertz CT molecular complexity index is 312. The molecule has 2 nitrogen and oxygen atoms in total.